The maximum absolute atomic E-state index is 11.6. The standard InChI is InChI=1S/C14H27NO3/c1-3-5-12(2)14(16)15-7-4-8-17-10-13-6-9-18-11-13/h12-13H,3-11H2,1-2H3,(H,15,16). The third kappa shape index (κ3) is 6.36. The zero-order chi connectivity index (χ0) is 13.2. The first-order chi connectivity index (χ1) is 8.74. The first-order valence-electron chi connectivity index (χ1n) is 7.17. The predicted octanol–water partition coefficient (Wildman–Crippen LogP) is 1.98. The second-order valence-corrected chi connectivity index (χ2v) is 5.14. The average Bonchev–Trinajstić information content (AvgIpc) is 2.86. The number of amides is 1. The molecule has 1 saturated heterocycles. The second-order valence-electron chi connectivity index (χ2n) is 5.14. The fourth-order valence-corrected chi connectivity index (χ4v) is 2.09. The van der Waals surface area contributed by atoms with Crippen LogP contribution >= 0.6 is 0 Å². The molecule has 0 saturated carbocycles. The molecule has 1 aliphatic heterocycles. The summed E-state index contributed by atoms with van der Waals surface area (Å²) in [6.07, 6.45) is 4.02. The van der Waals surface area contributed by atoms with Crippen LogP contribution in [0.1, 0.15) is 39.5 Å². The molecule has 0 aromatic carbocycles. The highest BCUT2D eigenvalue weighted by molar-refractivity contribution is 5.78. The van der Waals surface area contributed by atoms with E-state index in [1.807, 2.05) is 6.92 Å². The number of hydrogen-bond donors (Lipinski definition) is 1. The van der Waals surface area contributed by atoms with E-state index in [9.17, 15) is 4.79 Å². The van der Waals surface area contributed by atoms with Gasteiger partial charge in [-0.1, -0.05) is 20.3 Å². The Morgan fingerprint density at radius 1 is 1.56 bits per heavy atom. The molecule has 18 heavy (non-hydrogen) atoms. The molecule has 1 fully saturated rings. The van der Waals surface area contributed by atoms with E-state index in [2.05, 4.69) is 12.2 Å². The molecule has 2 atom stereocenters. The van der Waals surface area contributed by atoms with Crippen LogP contribution in [-0.2, 0) is 14.3 Å². The monoisotopic (exact) mass is 257 g/mol. The van der Waals surface area contributed by atoms with Gasteiger partial charge in [-0.2, -0.15) is 0 Å². The Hall–Kier alpha value is -0.610. The van der Waals surface area contributed by atoms with Crippen LogP contribution in [-0.4, -0.2) is 38.9 Å². The lowest BCUT2D eigenvalue weighted by Crippen LogP contribution is -2.30. The van der Waals surface area contributed by atoms with Crippen molar-refractivity contribution in [1.29, 1.82) is 0 Å². The summed E-state index contributed by atoms with van der Waals surface area (Å²) in [6.45, 7) is 8.03. The molecule has 1 heterocycles. The van der Waals surface area contributed by atoms with Crippen molar-refractivity contribution in [1.82, 2.24) is 5.32 Å². The Morgan fingerprint density at radius 3 is 3.06 bits per heavy atom. The normalized spacial score (nSPS) is 20.9. The number of rotatable bonds is 9. The van der Waals surface area contributed by atoms with Crippen LogP contribution in [0.2, 0.25) is 0 Å². The number of ether oxygens (including phenoxy) is 2. The minimum absolute atomic E-state index is 0.131. The zero-order valence-corrected chi connectivity index (χ0v) is 11.7. The van der Waals surface area contributed by atoms with Gasteiger partial charge in [-0.25, -0.2) is 0 Å². The van der Waals surface area contributed by atoms with Gasteiger partial charge < -0.3 is 14.8 Å². The van der Waals surface area contributed by atoms with Crippen LogP contribution in [0.3, 0.4) is 0 Å². The van der Waals surface area contributed by atoms with Crippen LogP contribution in [0.25, 0.3) is 0 Å². The number of nitrogens with one attached hydrogen (secondary N) is 1. The van der Waals surface area contributed by atoms with E-state index in [0.29, 0.717) is 12.5 Å². The lowest BCUT2D eigenvalue weighted by Gasteiger charge is -2.12. The molecule has 0 radical (unpaired) electrons. The summed E-state index contributed by atoms with van der Waals surface area (Å²) in [5.74, 6) is 0.872. The second kappa shape index (κ2) is 9.34. The van der Waals surface area contributed by atoms with E-state index in [4.69, 9.17) is 9.47 Å². The molecule has 0 aromatic rings. The van der Waals surface area contributed by atoms with Gasteiger partial charge in [0.15, 0.2) is 0 Å². The number of hydrogen-bond acceptors (Lipinski definition) is 3. The number of carbonyl (C=O) groups is 1. The lowest BCUT2D eigenvalue weighted by atomic mass is 10.1. The summed E-state index contributed by atoms with van der Waals surface area (Å²) < 4.78 is 10.9. The van der Waals surface area contributed by atoms with Crippen LogP contribution in [0.4, 0.5) is 0 Å². The third-order valence-electron chi connectivity index (χ3n) is 3.31. The van der Waals surface area contributed by atoms with E-state index in [0.717, 1.165) is 52.1 Å². The molecule has 4 heteroatoms. The molecule has 2 unspecified atom stereocenters. The maximum atomic E-state index is 11.6. The summed E-state index contributed by atoms with van der Waals surface area (Å²) in [5, 5.41) is 2.95. The topological polar surface area (TPSA) is 47.6 Å². The maximum Gasteiger partial charge on any atom is 0.222 e. The predicted molar refractivity (Wildman–Crippen MR) is 71.4 cm³/mol. The molecule has 0 bridgehead atoms. The van der Waals surface area contributed by atoms with Gasteiger partial charge in [-0.15, -0.1) is 0 Å². The number of carbonyl (C=O) groups excluding carboxylic acids is 1. The van der Waals surface area contributed by atoms with Crippen LogP contribution in [0.15, 0.2) is 0 Å². The van der Waals surface area contributed by atoms with Crippen molar-refractivity contribution in [3.8, 4) is 0 Å². The SMILES string of the molecule is CCCC(C)C(=O)NCCCOCC1CCOC1. The minimum atomic E-state index is 0.131. The van der Waals surface area contributed by atoms with Gasteiger partial charge in [0.25, 0.3) is 0 Å². The Morgan fingerprint density at radius 2 is 2.39 bits per heavy atom. The smallest absolute Gasteiger partial charge is 0.222 e. The van der Waals surface area contributed by atoms with Crippen LogP contribution in [0, 0.1) is 11.8 Å². The van der Waals surface area contributed by atoms with Gasteiger partial charge in [0.2, 0.25) is 5.91 Å². The lowest BCUT2D eigenvalue weighted by molar-refractivity contribution is -0.124. The minimum Gasteiger partial charge on any atom is -0.381 e. The van der Waals surface area contributed by atoms with Crippen molar-refractivity contribution in [3.63, 3.8) is 0 Å². The Labute approximate surface area is 110 Å². The van der Waals surface area contributed by atoms with E-state index in [-0.39, 0.29) is 11.8 Å². The van der Waals surface area contributed by atoms with Gasteiger partial charge in [-0.3, -0.25) is 4.79 Å². The van der Waals surface area contributed by atoms with Gasteiger partial charge in [-0.05, 0) is 19.3 Å². The highest BCUT2D eigenvalue weighted by atomic mass is 16.5. The molecule has 4 nitrogen and oxygen atoms in total. The average molecular weight is 257 g/mol. The Bertz CT molecular complexity index is 227. The highest BCUT2D eigenvalue weighted by Gasteiger charge is 2.15. The van der Waals surface area contributed by atoms with Crippen molar-refractivity contribution < 1.29 is 14.3 Å². The van der Waals surface area contributed by atoms with Crippen molar-refractivity contribution in [2.24, 2.45) is 11.8 Å². The molecule has 0 aliphatic carbocycles. The molecule has 1 amide bonds. The molecular weight excluding hydrogens is 230 g/mol. The van der Waals surface area contributed by atoms with E-state index >= 15 is 0 Å². The highest BCUT2D eigenvalue weighted by Crippen LogP contribution is 2.12. The quantitative estimate of drug-likeness (QED) is 0.643. The van der Waals surface area contributed by atoms with Crippen LogP contribution < -0.4 is 5.32 Å². The van der Waals surface area contributed by atoms with Gasteiger partial charge >= 0.3 is 0 Å². The van der Waals surface area contributed by atoms with Crippen molar-refractivity contribution in [2.45, 2.75) is 39.5 Å². The summed E-state index contributed by atoms with van der Waals surface area (Å²) in [5.41, 5.74) is 0. The Balaban J connectivity index is 1.89. The molecule has 106 valence electrons. The van der Waals surface area contributed by atoms with Crippen LogP contribution in [0.5, 0.6) is 0 Å². The van der Waals surface area contributed by atoms with Gasteiger partial charge in [0.05, 0.1) is 13.2 Å². The molecular formula is C14H27NO3. The molecule has 1 aliphatic rings. The van der Waals surface area contributed by atoms with Crippen molar-refractivity contribution >= 4 is 5.91 Å². The zero-order valence-electron chi connectivity index (χ0n) is 11.7. The first-order valence-corrected chi connectivity index (χ1v) is 7.17. The molecule has 0 spiro atoms. The van der Waals surface area contributed by atoms with Crippen molar-refractivity contribution in [3.05, 3.63) is 0 Å². The first kappa shape index (κ1) is 15.4. The van der Waals surface area contributed by atoms with E-state index in [1.54, 1.807) is 0 Å². The third-order valence-corrected chi connectivity index (χ3v) is 3.31. The molecule has 1 N–H and O–H groups in total. The summed E-state index contributed by atoms with van der Waals surface area (Å²) in [6, 6.07) is 0. The fourth-order valence-electron chi connectivity index (χ4n) is 2.09. The van der Waals surface area contributed by atoms with E-state index < -0.39 is 0 Å². The molecule has 1 rings (SSSR count). The molecule has 0 aromatic heterocycles. The summed E-state index contributed by atoms with van der Waals surface area (Å²) >= 11 is 0. The summed E-state index contributed by atoms with van der Waals surface area (Å²) in [7, 11) is 0. The van der Waals surface area contributed by atoms with E-state index in [1.165, 1.54) is 0 Å². The van der Waals surface area contributed by atoms with Gasteiger partial charge in [0, 0.05) is 31.6 Å². The summed E-state index contributed by atoms with van der Waals surface area (Å²) in [4.78, 5) is 11.6. The van der Waals surface area contributed by atoms with Gasteiger partial charge in [0.1, 0.15) is 0 Å². The fraction of sp³-hybridized carbons (Fsp3) is 0.929. The Kier molecular flexibility index (Phi) is 8.01. The van der Waals surface area contributed by atoms with Crippen molar-refractivity contribution in [2.75, 3.05) is 33.0 Å². The largest absolute Gasteiger partial charge is 0.381 e.